The molecule has 1 unspecified atom stereocenters. The molecule has 3 aromatic carbocycles. The lowest BCUT2D eigenvalue weighted by Crippen LogP contribution is -2.29. The van der Waals surface area contributed by atoms with Crippen LogP contribution in [0, 0.1) is 5.82 Å². The molecule has 1 atom stereocenters. The number of phenolic OH excluding ortho intramolecular Hbond substituents is 1. The van der Waals surface area contributed by atoms with Crippen molar-refractivity contribution in [3.8, 4) is 11.5 Å². The molecule has 34 heavy (non-hydrogen) atoms. The van der Waals surface area contributed by atoms with Crippen molar-refractivity contribution in [1.82, 2.24) is 4.90 Å². The summed E-state index contributed by atoms with van der Waals surface area (Å²) in [5.74, 6) is -1.77. The maximum Gasteiger partial charge on any atom is 0.295 e. The number of aliphatic hydroxyl groups is 1. The van der Waals surface area contributed by atoms with Gasteiger partial charge in [-0.05, 0) is 53.9 Å². The van der Waals surface area contributed by atoms with Gasteiger partial charge in [-0.2, -0.15) is 0 Å². The van der Waals surface area contributed by atoms with Crippen LogP contribution in [0.2, 0.25) is 0 Å². The fraction of sp³-hybridized carbons (Fsp3) is 0.185. The summed E-state index contributed by atoms with van der Waals surface area (Å²) >= 11 is 0. The van der Waals surface area contributed by atoms with Crippen LogP contribution in [0.3, 0.4) is 0 Å². The fourth-order valence-electron chi connectivity index (χ4n) is 3.94. The predicted molar refractivity (Wildman–Crippen MR) is 125 cm³/mol. The second kappa shape index (κ2) is 9.79. The zero-order valence-electron chi connectivity index (χ0n) is 18.6. The van der Waals surface area contributed by atoms with Crippen molar-refractivity contribution in [3.05, 3.63) is 101 Å². The zero-order chi connectivity index (χ0) is 24.2. The highest BCUT2D eigenvalue weighted by atomic mass is 19.1. The molecular formula is C27H24FNO5. The molecule has 4 rings (SSSR count). The van der Waals surface area contributed by atoms with Gasteiger partial charge < -0.3 is 19.8 Å². The first kappa shape index (κ1) is 23.0. The highest BCUT2D eigenvalue weighted by Gasteiger charge is 2.46. The fourth-order valence-corrected chi connectivity index (χ4v) is 3.94. The number of amides is 1. The van der Waals surface area contributed by atoms with Crippen molar-refractivity contribution in [2.75, 3.05) is 6.61 Å². The van der Waals surface area contributed by atoms with Crippen molar-refractivity contribution in [2.45, 2.75) is 25.9 Å². The van der Waals surface area contributed by atoms with E-state index in [1.807, 2.05) is 6.92 Å². The number of rotatable bonds is 7. The minimum absolute atomic E-state index is 0.0278. The third-order valence-corrected chi connectivity index (χ3v) is 5.60. The van der Waals surface area contributed by atoms with Gasteiger partial charge >= 0.3 is 0 Å². The number of ether oxygens (including phenoxy) is 1. The van der Waals surface area contributed by atoms with E-state index < -0.39 is 23.5 Å². The Morgan fingerprint density at radius 1 is 1.03 bits per heavy atom. The highest BCUT2D eigenvalue weighted by Crippen LogP contribution is 2.41. The van der Waals surface area contributed by atoms with Crippen LogP contribution in [0.1, 0.15) is 36.1 Å². The lowest BCUT2D eigenvalue weighted by atomic mass is 9.95. The molecule has 0 aromatic heterocycles. The van der Waals surface area contributed by atoms with Crippen molar-refractivity contribution >= 4 is 17.4 Å². The molecule has 1 aliphatic rings. The number of nitrogens with zero attached hydrogens (tertiary/aromatic N) is 1. The van der Waals surface area contributed by atoms with Crippen molar-refractivity contribution in [1.29, 1.82) is 0 Å². The van der Waals surface area contributed by atoms with Crippen LogP contribution in [0.25, 0.3) is 5.76 Å². The first-order valence-electron chi connectivity index (χ1n) is 10.9. The Bertz CT molecular complexity index is 1230. The molecule has 0 bridgehead atoms. The highest BCUT2D eigenvalue weighted by molar-refractivity contribution is 6.46. The summed E-state index contributed by atoms with van der Waals surface area (Å²) < 4.78 is 19.0. The third-order valence-electron chi connectivity index (χ3n) is 5.60. The van der Waals surface area contributed by atoms with Gasteiger partial charge in [0.15, 0.2) is 0 Å². The van der Waals surface area contributed by atoms with Gasteiger partial charge in [-0.25, -0.2) is 4.39 Å². The molecule has 1 aliphatic heterocycles. The average molecular weight is 461 g/mol. The van der Waals surface area contributed by atoms with Gasteiger partial charge in [0.25, 0.3) is 11.7 Å². The summed E-state index contributed by atoms with van der Waals surface area (Å²) in [5, 5.41) is 20.9. The van der Waals surface area contributed by atoms with Gasteiger partial charge in [-0.15, -0.1) is 0 Å². The average Bonchev–Trinajstić information content (AvgIpc) is 3.09. The summed E-state index contributed by atoms with van der Waals surface area (Å²) in [6.07, 6.45) is 0.811. The largest absolute Gasteiger partial charge is 0.508 e. The molecule has 0 radical (unpaired) electrons. The molecule has 1 amide bonds. The molecule has 6 nitrogen and oxygen atoms in total. The number of carbonyl (C=O) groups excluding carboxylic acids is 2. The number of carbonyl (C=O) groups is 2. The number of Topliss-reactive ketones (excluding diaryl/α,β-unsaturated/α-hetero) is 1. The second-order valence-corrected chi connectivity index (χ2v) is 8.02. The number of halogens is 1. The Balaban J connectivity index is 1.81. The van der Waals surface area contributed by atoms with Gasteiger partial charge in [0.2, 0.25) is 0 Å². The van der Waals surface area contributed by atoms with Gasteiger partial charge in [0, 0.05) is 12.1 Å². The van der Waals surface area contributed by atoms with Gasteiger partial charge in [-0.3, -0.25) is 9.59 Å². The molecule has 0 aliphatic carbocycles. The van der Waals surface area contributed by atoms with E-state index in [-0.39, 0.29) is 23.6 Å². The summed E-state index contributed by atoms with van der Waals surface area (Å²) in [4.78, 5) is 27.5. The van der Waals surface area contributed by atoms with E-state index in [0.29, 0.717) is 29.0 Å². The Labute approximate surface area is 196 Å². The molecular weight excluding hydrogens is 437 g/mol. The maximum atomic E-state index is 13.4. The van der Waals surface area contributed by atoms with E-state index >= 15 is 0 Å². The number of ketones is 1. The SMILES string of the molecule is CCCOc1cccc(/C(O)=C2/C(=O)C(=O)N(Cc3ccc(F)cc3)C2c2ccc(O)cc2)c1. The summed E-state index contributed by atoms with van der Waals surface area (Å²) in [6.45, 7) is 2.51. The van der Waals surface area contributed by atoms with Gasteiger partial charge in [0.05, 0.1) is 18.2 Å². The van der Waals surface area contributed by atoms with E-state index in [1.54, 1.807) is 36.4 Å². The number of aliphatic hydroxyl groups excluding tert-OH is 1. The van der Waals surface area contributed by atoms with E-state index in [4.69, 9.17) is 4.74 Å². The topological polar surface area (TPSA) is 87.1 Å². The lowest BCUT2D eigenvalue weighted by molar-refractivity contribution is -0.140. The Morgan fingerprint density at radius 3 is 2.41 bits per heavy atom. The summed E-state index contributed by atoms with van der Waals surface area (Å²) in [5.41, 5.74) is 1.45. The molecule has 1 fully saturated rings. The zero-order valence-corrected chi connectivity index (χ0v) is 18.6. The van der Waals surface area contributed by atoms with Gasteiger partial charge in [0.1, 0.15) is 23.1 Å². The quantitative estimate of drug-likeness (QED) is 0.296. The van der Waals surface area contributed by atoms with E-state index in [0.717, 1.165) is 6.42 Å². The maximum absolute atomic E-state index is 13.4. The van der Waals surface area contributed by atoms with Crippen molar-refractivity contribution in [3.63, 3.8) is 0 Å². The number of hydrogen-bond donors (Lipinski definition) is 2. The minimum Gasteiger partial charge on any atom is -0.508 e. The van der Waals surface area contributed by atoms with Gasteiger partial charge in [-0.1, -0.05) is 43.3 Å². The standard InChI is InChI=1S/C27H24FNO5/c1-2-14-34-22-5-3-4-19(15-22)25(31)23-24(18-8-12-21(30)13-9-18)29(27(33)26(23)32)16-17-6-10-20(28)11-7-17/h3-13,15,24,30-31H,2,14,16H2,1H3/b25-23-. The molecule has 0 saturated carbocycles. The lowest BCUT2D eigenvalue weighted by Gasteiger charge is -2.25. The monoisotopic (exact) mass is 461 g/mol. The van der Waals surface area contributed by atoms with Crippen LogP contribution in [0.15, 0.2) is 78.4 Å². The molecule has 1 saturated heterocycles. The van der Waals surface area contributed by atoms with E-state index in [1.165, 1.54) is 41.3 Å². The van der Waals surface area contributed by atoms with Crippen LogP contribution in [-0.4, -0.2) is 33.4 Å². The van der Waals surface area contributed by atoms with Crippen LogP contribution in [0.4, 0.5) is 4.39 Å². The van der Waals surface area contributed by atoms with Crippen LogP contribution < -0.4 is 4.74 Å². The first-order valence-corrected chi connectivity index (χ1v) is 10.9. The number of benzene rings is 3. The minimum atomic E-state index is -0.897. The Kier molecular flexibility index (Phi) is 6.63. The van der Waals surface area contributed by atoms with Crippen molar-refractivity contribution < 1.29 is 28.9 Å². The predicted octanol–water partition coefficient (Wildman–Crippen LogP) is 4.94. The molecule has 2 N–H and O–H groups in total. The molecule has 3 aromatic rings. The van der Waals surface area contributed by atoms with Crippen LogP contribution >= 0.6 is 0 Å². The van der Waals surface area contributed by atoms with E-state index in [9.17, 15) is 24.2 Å². The molecule has 174 valence electrons. The number of likely N-dealkylation sites (tertiary alicyclic amines) is 1. The molecule has 1 heterocycles. The number of phenols is 1. The van der Waals surface area contributed by atoms with Crippen LogP contribution in [0.5, 0.6) is 11.5 Å². The van der Waals surface area contributed by atoms with E-state index in [2.05, 4.69) is 0 Å². The summed E-state index contributed by atoms with van der Waals surface area (Å²) in [6, 6.07) is 17.5. The summed E-state index contributed by atoms with van der Waals surface area (Å²) in [7, 11) is 0. The first-order chi connectivity index (χ1) is 16.4. The van der Waals surface area contributed by atoms with Crippen LogP contribution in [-0.2, 0) is 16.1 Å². The Morgan fingerprint density at radius 2 is 1.74 bits per heavy atom. The Hall–Kier alpha value is -4.13. The molecule has 7 heteroatoms. The molecule has 0 spiro atoms. The van der Waals surface area contributed by atoms with Crippen molar-refractivity contribution in [2.24, 2.45) is 0 Å². The number of aromatic hydroxyl groups is 1. The smallest absolute Gasteiger partial charge is 0.295 e. The third kappa shape index (κ3) is 4.64. The second-order valence-electron chi connectivity index (χ2n) is 8.02. The number of hydrogen-bond acceptors (Lipinski definition) is 5. The normalized spacial score (nSPS) is 17.2.